The molecule has 0 atom stereocenters. The van der Waals surface area contributed by atoms with Crippen molar-refractivity contribution in [1.82, 2.24) is 25.7 Å². The maximum absolute atomic E-state index is 12.1. The maximum Gasteiger partial charge on any atom is 0.288 e. The Bertz CT molecular complexity index is 858. The number of aromatic nitrogens is 4. The molecule has 0 saturated carbocycles. The summed E-state index contributed by atoms with van der Waals surface area (Å²) >= 11 is 2.43. The lowest BCUT2D eigenvalue weighted by Gasteiger charge is -2.01. The molecule has 0 aliphatic heterocycles. The van der Waals surface area contributed by atoms with E-state index >= 15 is 0 Å². The van der Waals surface area contributed by atoms with Crippen LogP contribution in [0, 0.1) is 6.92 Å². The van der Waals surface area contributed by atoms with Crippen LogP contribution in [-0.4, -0.2) is 32.2 Å². The molecule has 2 amide bonds. The second-order valence-electron chi connectivity index (χ2n) is 4.94. The van der Waals surface area contributed by atoms with E-state index in [1.165, 1.54) is 11.3 Å². The van der Waals surface area contributed by atoms with Gasteiger partial charge in [-0.25, -0.2) is 0 Å². The molecule has 0 radical (unpaired) electrons. The fourth-order valence-electron chi connectivity index (χ4n) is 1.85. The summed E-state index contributed by atoms with van der Waals surface area (Å²) in [7, 11) is 0. The summed E-state index contributed by atoms with van der Waals surface area (Å²) in [6.07, 6.45) is 2.22. The summed E-state index contributed by atoms with van der Waals surface area (Å²) in [6, 6.07) is 3.55. The minimum Gasteiger partial charge on any atom is -0.467 e. The van der Waals surface area contributed by atoms with Gasteiger partial charge in [0.2, 0.25) is 16.0 Å². The van der Waals surface area contributed by atoms with Crippen LogP contribution in [0.3, 0.4) is 0 Å². The molecule has 3 aromatic heterocycles. The fraction of sp³-hybridized carbons (Fsp3) is 0.286. The number of nitrogens with one attached hydrogen (secondary N) is 2. The Morgan fingerprint density at radius 2 is 2.08 bits per heavy atom. The zero-order valence-corrected chi connectivity index (χ0v) is 14.8. The number of hydrogen-bond donors (Lipinski definition) is 2. The Hall–Kier alpha value is -2.66. The van der Waals surface area contributed by atoms with Crippen molar-refractivity contribution in [2.24, 2.45) is 0 Å². The van der Waals surface area contributed by atoms with Gasteiger partial charge in [0, 0.05) is 12.8 Å². The number of rotatable bonds is 7. The van der Waals surface area contributed by atoms with Crippen LogP contribution in [0.4, 0.5) is 5.13 Å². The minimum absolute atomic E-state index is 0.123. The summed E-state index contributed by atoms with van der Waals surface area (Å²) in [6.45, 7) is 2.14. The highest BCUT2D eigenvalue weighted by Crippen LogP contribution is 2.17. The summed E-state index contributed by atoms with van der Waals surface area (Å²) in [5.41, 5.74) is 0. The molecule has 0 aliphatic rings. The molecule has 9 nitrogen and oxygen atoms in total. The largest absolute Gasteiger partial charge is 0.467 e. The van der Waals surface area contributed by atoms with E-state index < -0.39 is 0 Å². The first-order valence-electron chi connectivity index (χ1n) is 7.33. The van der Waals surface area contributed by atoms with Crippen LogP contribution in [-0.2, 0) is 17.8 Å². The van der Waals surface area contributed by atoms with Gasteiger partial charge in [-0.05, 0) is 19.1 Å². The predicted molar refractivity (Wildman–Crippen MR) is 91.4 cm³/mol. The van der Waals surface area contributed by atoms with Gasteiger partial charge >= 0.3 is 0 Å². The molecular weight excluding hydrogens is 364 g/mol. The molecule has 3 rings (SSSR count). The number of carbonyl (C=O) groups excluding carboxylic acids is 2. The SMILES string of the molecule is Cc1nnc(NC(=O)c2nnc(CCC(=O)NCc3ccco3)s2)s1. The third kappa shape index (κ3) is 4.90. The number of hydrogen-bond acceptors (Lipinski definition) is 9. The standard InChI is InChI=1S/C14H14N6O3S2/c1-8-17-20-14(24-8)16-12(22)13-19-18-11(25-13)5-4-10(21)15-7-9-3-2-6-23-9/h2-3,6H,4-5,7H2,1H3,(H,15,21)(H,16,20,22). The highest BCUT2D eigenvalue weighted by molar-refractivity contribution is 7.15. The van der Waals surface area contributed by atoms with Crippen molar-refractivity contribution in [3.63, 3.8) is 0 Å². The van der Waals surface area contributed by atoms with Crippen molar-refractivity contribution in [1.29, 1.82) is 0 Å². The van der Waals surface area contributed by atoms with Crippen LogP contribution < -0.4 is 10.6 Å². The van der Waals surface area contributed by atoms with E-state index in [1.54, 1.807) is 25.3 Å². The summed E-state index contributed by atoms with van der Waals surface area (Å²) < 4.78 is 5.14. The maximum atomic E-state index is 12.1. The predicted octanol–water partition coefficient (Wildman–Crippen LogP) is 1.79. The lowest BCUT2D eigenvalue weighted by atomic mass is 10.3. The second kappa shape index (κ2) is 7.94. The monoisotopic (exact) mass is 378 g/mol. The lowest BCUT2D eigenvalue weighted by molar-refractivity contribution is -0.121. The van der Waals surface area contributed by atoms with Crippen LogP contribution in [0.25, 0.3) is 0 Å². The van der Waals surface area contributed by atoms with Gasteiger partial charge in [-0.1, -0.05) is 22.7 Å². The van der Waals surface area contributed by atoms with Crippen molar-refractivity contribution < 1.29 is 14.0 Å². The van der Waals surface area contributed by atoms with E-state index in [0.29, 0.717) is 28.9 Å². The van der Waals surface area contributed by atoms with Gasteiger partial charge < -0.3 is 9.73 Å². The first-order valence-corrected chi connectivity index (χ1v) is 8.96. The molecule has 3 aromatic rings. The average molecular weight is 378 g/mol. The smallest absolute Gasteiger partial charge is 0.288 e. The second-order valence-corrected chi connectivity index (χ2v) is 7.18. The molecule has 0 spiro atoms. The van der Waals surface area contributed by atoms with Crippen LogP contribution in [0.5, 0.6) is 0 Å². The van der Waals surface area contributed by atoms with E-state index in [2.05, 4.69) is 31.0 Å². The van der Waals surface area contributed by atoms with Crippen molar-refractivity contribution in [2.75, 3.05) is 5.32 Å². The Morgan fingerprint density at radius 1 is 1.20 bits per heavy atom. The number of anilines is 1. The molecule has 3 heterocycles. The highest BCUT2D eigenvalue weighted by Gasteiger charge is 2.15. The number of carbonyl (C=O) groups is 2. The number of amides is 2. The lowest BCUT2D eigenvalue weighted by Crippen LogP contribution is -2.22. The Morgan fingerprint density at radius 3 is 2.80 bits per heavy atom. The molecule has 25 heavy (non-hydrogen) atoms. The van der Waals surface area contributed by atoms with Crippen LogP contribution in [0.15, 0.2) is 22.8 Å². The van der Waals surface area contributed by atoms with Gasteiger partial charge in [-0.2, -0.15) is 0 Å². The quantitative estimate of drug-likeness (QED) is 0.642. The molecule has 2 N–H and O–H groups in total. The van der Waals surface area contributed by atoms with Crippen molar-refractivity contribution >= 4 is 39.6 Å². The summed E-state index contributed by atoms with van der Waals surface area (Å²) in [5, 5.41) is 22.8. The fourth-order valence-corrected chi connectivity index (χ4v) is 3.17. The Balaban J connectivity index is 1.46. The number of nitrogens with zero attached hydrogens (tertiary/aromatic N) is 4. The average Bonchev–Trinajstić information content (AvgIpc) is 3.33. The first-order chi connectivity index (χ1) is 12.1. The van der Waals surface area contributed by atoms with Gasteiger partial charge in [0.05, 0.1) is 12.8 Å². The molecule has 0 saturated heterocycles. The molecule has 0 aromatic carbocycles. The molecular formula is C14H14N6O3S2. The molecule has 0 aliphatic carbocycles. The number of aryl methyl sites for hydroxylation is 2. The zero-order chi connectivity index (χ0) is 17.6. The van der Waals surface area contributed by atoms with E-state index in [-0.39, 0.29) is 23.2 Å². The first kappa shape index (κ1) is 17.2. The van der Waals surface area contributed by atoms with E-state index in [4.69, 9.17) is 4.42 Å². The van der Waals surface area contributed by atoms with Gasteiger partial charge in [-0.15, -0.1) is 20.4 Å². The highest BCUT2D eigenvalue weighted by atomic mass is 32.1. The zero-order valence-electron chi connectivity index (χ0n) is 13.2. The van der Waals surface area contributed by atoms with Crippen LogP contribution in [0.1, 0.15) is 32.0 Å². The normalized spacial score (nSPS) is 10.6. The van der Waals surface area contributed by atoms with Gasteiger partial charge in [0.25, 0.3) is 5.91 Å². The topological polar surface area (TPSA) is 123 Å². The van der Waals surface area contributed by atoms with Crippen molar-refractivity contribution in [3.8, 4) is 0 Å². The third-order valence-electron chi connectivity index (χ3n) is 3.01. The van der Waals surface area contributed by atoms with Gasteiger partial charge in [-0.3, -0.25) is 14.9 Å². The number of furan rings is 1. The van der Waals surface area contributed by atoms with Crippen LogP contribution >= 0.6 is 22.7 Å². The third-order valence-corrected chi connectivity index (χ3v) is 4.75. The van der Waals surface area contributed by atoms with E-state index in [0.717, 1.165) is 16.3 Å². The van der Waals surface area contributed by atoms with E-state index in [1.807, 2.05) is 0 Å². The van der Waals surface area contributed by atoms with Gasteiger partial charge in [0.1, 0.15) is 15.8 Å². The minimum atomic E-state index is -0.387. The van der Waals surface area contributed by atoms with Crippen LogP contribution in [0.2, 0.25) is 0 Å². The molecule has 0 fully saturated rings. The molecule has 0 unspecified atom stereocenters. The summed E-state index contributed by atoms with van der Waals surface area (Å²) in [5.74, 6) is 0.180. The summed E-state index contributed by atoms with van der Waals surface area (Å²) in [4.78, 5) is 23.9. The Kier molecular flexibility index (Phi) is 5.46. The van der Waals surface area contributed by atoms with Crippen molar-refractivity contribution in [2.45, 2.75) is 26.3 Å². The molecule has 130 valence electrons. The Labute approximate surface area is 150 Å². The molecule has 0 bridgehead atoms. The molecule has 11 heteroatoms. The van der Waals surface area contributed by atoms with E-state index in [9.17, 15) is 9.59 Å². The van der Waals surface area contributed by atoms with Crippen molar-refractivity contribution in [3.05, 3.63) is 39.2 Å². The van der Waals surface area contributed by atoms with Gasteiger partial charge in [0.15, 0.2) is 0 Å².